The molecule has 1 fully saturated rings. The Morgan fingerprint density at radius 1 is 1.53 bits per heavy atom. The van der Waals surface area contributed by atoms with Crippen LogP contribution in [0.15, 0.2) is 12.4 Å². The number of nitrogens with zero attached hydrogens (tertiary/aromatic N) is 3. The summed E-state index contributed by atoms with van der Waals surface area (Å²) in [4.78, 5) is 6.80. The van der Waals surface area contributed by atoms with Gasteiger partial charge >= 0.3 is 0 Å². The van der Waals surface area contributed by atoms with Crippen molar-refractivity contribution in [2.45, 2.75) is 38.8 Å². The van der Waals surface area contributed by atoms with Crippen molar-refractivity contribution in [3.05, 3.63) is 12.4 Å². The minimum absolute atomic E-state index is 0.466. The SMILES string of the molecule is CCn1ccnc1N1CCCCC1CCl. The first-order chi connectivity index (χ1) is 7.36. The van der Waals surface area contributed by atoms with Gasteiger partial charge in [0.15, 0.2) is 0 Å². The molecule has 0 aromatic carbocycles. The molecule has 1 aromatic rings. The van der Waals surface area contributed by atoms with Crippen LogP contribution in [-0.2, 0) is 6.54 Å². The molecular weight excluding hydrogens is 210 g/mol. The van der Waals surface area contributed by atoms with Crippen LogP contribution in [0.2, 0.25) is 0 Å². The average molecular weight is 228 g/mol. The van der Waals surface area contributed by atoms with Crippen LogP contribution in [0.3, 0.4) is 0 Å². The van der Waals surface area contributed by atoms with Crippen LogP contribution in [-0.4, -0.2) is 28.0 Å². The molecule has 1 aromatic heterocycles. The maximum atomic E-state index is 6.01. The molecule has 0 radical (unpaired) electrons. The smallest absolute Gasteiger partial charge is 0.205 e. The number of imidazole rings is 1. The van der Waals surface area contributed by atoms with E-state index in [1.54, 1.807) is 0 Å². The molecule has 3 nitrogen and oxygen atoms in total. The van der Waals surface area contributed by atoms with Crippen LogP contribution in [0.1, 0.15) is 26.2 Å². The summed E-state index contributed by atoms with van der Waals surface area (Å²) in [6, 6.07) is 0.466. The van der Waals surface area contributed by atoms with Gasteiger partial charge in [-0.25, -0.2) is 4.98 Å². The second kappa shape index (κ2) is 4.88. The molecule has 4 heteroatoms. The van der Waals surface area contributed by atoms with E-state index in [9.17, 15) is 0 Å². The minimum atomic E-state index is 0.466. The highest BCUT2D eigenvalue weighted by Crippen LogP contribution is 2.24. The van der Waals surface area contributed by atoms with Gasteiger partial charge in [-0.05, 0) is 26.2 Å². The molecule has 0 aliphatic carbocycles. The van der Waals surface area contributed by atoms with Crippen molar-refractivity contribution in [2.75, 3.05) is 17.3 Å². The Hall–Kier alpha value is -0.700. The Labute approximate surface area is 96.0 Å². The molecule has 84 valence electrons. The zero-order chi connectivity index (χ0) is 10.7. The fourth-order valence-corrected chi connectivity index (χ4v) is 2.55. The third kappa shape index (κ3) is 2.12. The fraction of sp³-hybridized carbons (Fsp3) is 0.727. The van der Waals surface area contributed by atoms with Gasteiger partial charge in [0.1, 0.15) is 0 Å². The van der Waals surface area contributed by atoms with E-state index >= 15 is 0 Å². The summed E-state index contributed by atoms with van der Waals surface area (Å²) in [5.41, 5.74) is 0. The van der Waals surface area contributed by atoms with Crippen molar-refractivity contribution in [1.82, 2.24) is 9.55 Å². The van der Waals surface area contributed by atoms with Gasteiger partial charge in [0.05, 0.1) is 0 Å². The molecule has 1 saturated heterocycles. The van der Waals surface area contributed by atoms with Gasteiger partial charge < -0.3 is 9.47 Å². The number of piperidine rings is 1. The van der Waals surface area contributed by atoms with Crippen molar-refractivity contribution >= 4 is 17.5 Å². The molecule has 0 saturated carbocycles. The standard InChI is InChI=1S/C11H18ClN3/c1-2-14-8-6-13-11(14)15-7-4-3-5-10(15)9-12/h6,8,10H,2-5,7,9H2,1H3. The highest BCUT2D eigenvalue weighted by Gasteiger charge is 2.24. The predicted molar refractivity (Wildman–Crippen MR) is 63.6 cm³/mol. The number of halogens is 1. The van der Waals surface area contributed by atoms with Gasteiger partial charge in [-0.15, -0.1) is 11.6 Å². The van der Waals surface area contributed by atoms with Gasteiger partial charge in [0.25, 0.3) is 0 Å². The Bertz CT molecular complexity index is 311. The third-order valence-corrected chi connectivity index (χ3v) is 3.45. The fourth-order valence-electron chi connectivity index (χ4n) is 2.23. The number of hydrogen-bond acceptors (Lipinski definition) is 2. The predicted octanol–water partition coefficient (Wildman–Crippen LogP) is 2.50. The van der Waals surface area contributed by atoms with Crippen LogP contribution in [0.5, 0.6) is 0 Å². The third-order valence-electron chi connectivity index (χ3n) is 3.10. The van der Waals surface area contributed by atoms with Crippen LogP contribution >= 0.6 is 11.6 Å². The number of aromatic nitrogens is 2. The summed E-state index contributed by atoms with van der Waals surface area (Å²) in [5, 5.41) is 0. The Morgan fingerprint density at radius 2 is 2.40 bits per heavy atom. The van der Waals surface area contributed by atoms with Crippen molar-refractivity contribution in [1.29, 1.82) is 0 Å². The zero-order valence-electron chi connectivity index (χ0n) is 9.19. The van der Waals surface area contributed by atoms with E-state index in [0.717, 1.165) is 19.0 Å². The molecular formula is C11H18ClN3. The average Bonchev–Trinajstić information content (AvgIpc) is 2.76. The van der Waals surface area contributed by atoms with E-state index in [1.165, 1.54) is 19.3 Å². The van der Waals surface area contributed by atoms with E-state index in [4.69, 9.17) is 11.6 Å². The number of hydrogen-bond donors (Lipinski definition) is 0. The van der Waals surface area contributed by atoms with Gasteiger partial charge in [-0.1, -0.05) is 0 Å². The summed E-state index contributed by atoms with van der Waals surface area (Å²) in [6.45, 7) is 4.21. The summed E-state index contributed by atoms with van der Waals surface area (Å²) in [7, 11) is 0. The lowest BCUT2D eigenvalue weighted by atomic mass is 10.0. The monoisotopic (exact) mass is 227 g/mol. The lowest BCUT2D eigenvalue weighted by molar-refractivity contribution is 0.473. The molecule has 2 heterocycles. The largest absolute Gasteiger partial charge is 0.338 e. The topological polar surface area (TPSA) is 21.1 Å². The second-order valence-corrected chi connectivity index (χ2v) is 4.32. The Balaban J connectivity index is 2.20. The molecule has 1 unspecified atom stereocenters. The molecule has 0 spiro atoms. The number of rotatable bonds is 3. The van der Waals surface area contributed by atoms with Gasteiger partial charge in [0.2, 0.25) is 5.95 Å². The van der Waals surface area contributed by atoms with Crippen molar-refractivity contribution in [3.63, 3.8) is 0 Å². The van der Waals surface area contributed by atoms with Gasteiger partial charge in [0, 0.05) is 37.4 Å². The van der Waals surface area contributed by atoms with Crippen molar-refractivity contribution in [2.24, 2.45) is 0 Å². The summed E-state index contributed by atoms with van der Waals surface area (Å²) >= 11 is 6.01. The number of anilines is 1. The van der Waals surface area contributed by atoms with E-state index in [-0.39, 0.29) is 0 Å². The Morgan fingerprint density at radius 3 is 3.13 bits per heavy atom. The van der Waals surface area contributed by atoms with Crippen LogP contribution in [0.25, 0.3) is 0 Å². The van der Waals surface area contributed by atoms with Crippen molar-refractivity contribution in [3.8, 4) is 0 Å². The quantitative estimate of drug-likeness (QED) is 0.740. The number of aryl methyl sites for hydroxylation is 1. The molecule has 15 heavy (non-hydrogen) atoms. The van der Waals surface area contributed by atoms with E-state index in [2.05, 4.69) is 21.4 Å². The highest BCUT2D eigenvalue weighted by atomic mass is 35.5. The lowest BCUT2D eigenvalue weighted by Gasteiger charge is -2.35. The second-order valence-electron chi connectivity index (χ2n) is 4.01. The summed E-state index contributed by atoms with van der Waals surface area (Å²) in [5.74, 6) is 1.79. The zero-order valence-corrected chi connectivity index (χ0v) is 9.95. The maximum absolute atomic E-state index is 6.01. The molecule has 1 aliphatic heterocycles. The number of alkyl halides is 1. The normalized spacial score (nSPS) is 22.0. The first kappa shape index (κ1) is 10.8. The van der Waals surface area contributed by atoms with E-state index in [0.29, 0.717) is 11.9 Å². The first-order valence-corrected chi connectivity index (χ1v) is 6.24. The molecule has 0 N–H and O–H groups in total. The van der Waals surface area contributed by atoms with E-state index in [1.807, 2.05) is 12.4 Å². The van der Waals surface area contributed by atoms with Crippen LogP contribution in [0, 0.1) is 0 Å². The molecule has 0 bridgehead atoms. The van der Waals surface area contributed by atoms with Gasteiger partial charge in [-0.3, -0.25) is 0 Å². The molecule has 0 amide bonds. The summed E-state index contributed by atoms with van der Waals surface area (Å²) in [6.07, 6.45) is 7.65. The molecule has 1 atom stereocenters. The van der Waals surface area contributed by atoms with Crippen LogP contribution < -0.4 is 4.90 Å². The highest BCUT2D eigenvalue weighted by molar-refractivity contribution is 6.18. The van der Waals surface area contributed by atoms with Gasteiger partial charge in [-0.2, -0.15) is 0 Å². The lowest BCUT2D eigenvalue weighted by Crippen LogP contribution is -2.42. The van der Waals surface area contributed by atoms with E-state index < -0.39 is 0 Å². The maximum Gasteiger partial charge on any atom is 0.205 e. The molecule has 2 rings (SSSR count). The van der Waals surface area contributed by atoms with Crippen LogP contribution in [0.4, 0.5) is 5.95 Å². The first-order valence-electron chi connectivity index (χ1n) is 5.70. The Kier molecular flexibility index (Phi) is 3.52. The summed E-state index contributed by atoms with van der Waals surface area (Å²) < 4.78 is 2.19. The molecule has 1 aliphatic rings. The minimum Gasteiger partial charge on any atom is -0.338 e. The van der Waals surface area contributed by atoms with Crippen molar-refractivity contribution < 1.29 is 0 Å².